The van der Waals surface area contributed by atoms with Crippen molar-refractivity contribution >= 4 is 15.9 Å². The molecule has 0 aliphatic carbocycles. The fourth-order valence-electron chi connectivity index (χ4n) is 3.97. The van der Waals surface area contributed by atoms with Gasteiger partial charge in [-0.15, -0.1) is 0 Å². The number of aryl methyl sites for hydroxylation is 1. The van der Waals surface area contributed by atoms with Crippen molar-refractivity contribution in [3.63, 3.8) is 0 Å². The third kappa shape index (κ3) is 5.10. The van der Waals surface area contributed by atoms with E-state index in [2.05, 4.69) is 22.5 Å². The van der Waals surface area contributed by atoms with Crippen molar-refractivity contribution in [2.45, 2.75) is 65.6 Å². The van der Waals surface area contributed by atoms with Gasteiger partial charge >= 0.3 is 0 Å². The summed E-state index contributed by atoms with van der Waals surface area (Å²) in [6.07, 6.45) is 2.72. The second kappa shape index (κ2) is 9.75. The molecule has 0 saturated carbocycles. The number of nitrogens with one attached hydrogen (secondary N) is 1. The monoisotopic (exact) mass is 432 g/mol. The summed E-state index contributed by atoms with van der Waals surface area (Å²) in [6.45, 7) is 7.36. The van der Waals surface area contributed by atoms with Crippen molar-refractivity contribution in [3.05, 3.63) is 52.8 Å². The molecule has 2 aromatic rings. The first-order valence-electron chi connectivity index (χ1n) is 10.7. The van der Waals surface area contributed by atoms with Crippen LogP contribution < -0.4 is 5.32 Å². The van der Waals surface area contributed by atoms with E-state index in [0.29, 0.717) is 32.5 Å². The fourth-order valence-corrected chi connectivity index (χ4v) is 5.86. The van der Waals surface area contributed by atoms with Gasteiger partial charge in [-0.1, -0.05) is 43.7 Å². The lowest BCUT2D eigenvalue weighted by Gasteiger charge is -2.23. The third-order valence-corrected chi connectivity index (χ3v) is 7.72. The second-order valence-electron chi connectivity index (χ2n) is 7.95. The van der Waals surface area contributed by atoms with Crippen LogP contribution in [0.25, 0.3) is 0 Å². The Hall–Kier alpha value is -2.19. The second-order valence-corrected chi connectivity index (χ2v) is 9.99. The Kier molecular flexibility index (Phi) is 7.31. The predicted octanol–water partition coefficient (Wildman–Crippen LogP) is 2.76. The van der Waals surface area contributed by atoms with E-state index in [4.69, 9.17) is 0 Å². The van der Waals surface area contributed by atoms with Crippen LogP contribution in [0, 0.1) is 13.8 Å². The van der Waals surface area contributed by atoms with Crippen molar-refractivity contribution < 1.29 is 13.2 Å². The van der Waals surface area contributed by atoms with Gasteiger partial charge in [-0.25, -0.2) is 8.42 Å². The molecule has 1 saturated heterocycles. The molecule has 7 nitrogen and oxygen atoms in total. The third-order valence-electron chi connectivity index (χ3n) is 5.77. The molecule has 0 radical (unpaired) electrons. The zero-order valence-electron chi connectivity index (χ0n) is 18.1. The Labute approximate surface area is 179 Å². The van der Waals surface area contributed by atoms with Gasteiger partial charge in [0.25, 0.3) is 0 Å². The predicted molar refractivity (Wildman–Crippen MR) is 118 cm³/mol. The zero-order chi connectivity index (χ0) is 21.7. The van der Waals surface area contributed by atoms with Crippen molar-refractivity contribution in [2.75, 3.05) is 12.3 Å². The summed E-state index contributed by atoms with van der Waals surface area (Å²) in [7, 11) is -3.39. The molecule has 3 rings (SSSR count). The van der Waals surface area contributed by atoms with Gasteiger partial charge in [-0.2, -0.15) is 9.40 Å². The summed E-state index contributed by atoms with van der Waals surface area (Å²) in [6, 6.07) is 9.51. The molecule has 0 spiro atoms. The number of aromatic nitrogens is 2. The number of hydrogen-bond donors (Lipinski definition) is 1. The van der Waals surface area contributed by atoms with E-state index in [0.717, 1.165) is 35.4 Å². The van der Waals surface area contributed by atoms with Crippen molar-refractivity contribution in [1.82, 2.24) is 19.4 Å². The van der Waals surface area contributed by atoms with Crippen molar-refractivity contribution in [3.8, 4) is 0 Å². The molecule has 8 heteroatoms. The Morgan fingerprint density at radius 1 is 1.23 bits per heavy atom. The van der Waals surface area contributed by atoms with E-state index >= 15 is 0 Å². The summed E-state index contributed by atoms with van der Waals surface area (Å²) < 4.78 is 28.5. The van der Waals surface area contributed by atoms with Crippen LogP contribution in [0.2, 0.25) is 0 Å². The van der Waals surface area contributed by atoms with Gasteiger partial charge in [0.05, 0.1) is 18.0 Å². The molecule has 0 bridgehead atoms. The van der Waals surface area contributed by atoms with Crippen LogP contribution in [0.5, 0.6) is 0 Å². The SMILES string of the molecule is CCCCS(=O)(=O)N1CCCC1C(=O)NCc1c(C)nn(Cc2ccccc2)c1C. The number of amides is 1. The van der Waals surface area contributed by atoms with Gasteiger partial charge in [0.2, 0.25) is 15.9 Å². The van der Waals surface area contributed by atoms with Crippen LogP contribution in [-0.2, 0) is 27.9 Å². The Balaban J connectivity index is 1.66. The molecule has 1 aromatic heterocycles. The molecule has 1 amide bonds. The summed E-state index contributed by atoms with van der Waals surface area (Å²) in [5, 5.41) is 7.59. The largest absolute Gasteiger partial charge is 0.350 e. The number of hydrogen-bond acceptors (Lipinski definition) is 4. The molecule has 30 heavy (non-hydrogen) atoms. The summed E-state index contributed by atoms with van der Waals surface area (Å²) in [5.41, 5.74) is 4.04. The standard InChI is InChI=1S/C22H32N4O3S/c1-4-5-14-30(28,29)26-13-9-12-21(26)22(27)23-15-20-17(2)24-25(18(20)3)16-19-10-7-6-8-11-19/h6-8,10-11,21H,4-5,9,12-16H2,1-3H3,(H,23,27). The van der Waals surface area contributed by atoms with E-state index in [1.807, 2.05) is 43.7 Å². The number of rotatable bonds is 9. The molecule has 2 heterocycles. The van der Waals surface area contributed by atoms with Gasteiger partial charge in [-0.05, 0) is 38.7 Å². The molecule has 1 aliphatic heterocycles. The number of benzene rings is 1. The molecule has 164 valence electrons. The quantitative estimate of drug-likeness (QED) is 0.660. The lowest BCUT2D eigenvalue weighted by molar-refractivity contribution is -0.124. The topological polar surface area (TPSA) is 84.3 Å². The van der Waals surface area contributed by atoms with Gasteiger partial charge in [-0.3, -0.25) is 9.48 Å². The number of carbonyl (C=O) groups is 1. The number of nitrogens with zero attached hydrogens (tertiary/aromatic N) is 3. The molecular weight excluding hydrogens is 400 g/mol. The summed E-state index contributed by atoms with van der Waals surface area (Å²) >= 11 is 0. The molecule has 1 atom stereocenters. The molecule has 1 fully saturated rings. The minimum absolute atomic E-state index is 0.109. The van der Waals surface area contributed by atoms with E-state index in [1.54, 1.807) is 0 Å². The smallest absolute Gasteiger partial charge is 0.238 e. The lowest BCUT2D eigenvalue weighted by atomic mass is 10.1. The molecular formula is C22H32N4O3S. The molecule has 1 unspecified atom stereocenters. The zero-order valence-corrected chi connectivity index (χ0v) is 18.9. The van der Waals surface area contributed by atoms with E-state index in [-0.39, 0.29) is 11.7 Å². The Morgan fingerprint density at radius 3 is 2.67 bits per heavy atom. The highest BCUT2D eigenvalue weighted by molar-refractivity contribution is 7.89. The van der Waals surface area contributed by atoms with Crippen molar-refractivity contribution in [2.24, 2.45) is 0 Å². The van der Waals surface area contributed by atoms with Gasteiger partial charge in [0.15, 0.2) is 0 Å². The van der Waals surface area contributed by atoms with E-state index < -0.39 is 16.1 Å². The first kappa shape index (κ1) is 22.5. The maximum absolute atomic E-state index is 12.8. The van der Waals surface area contributed by atoms with Gasteiger partial charge in [0, 0.05) is 24.3 Å². The van der Waals surface area contributed by atoms with Crippen LogP contribution >= 0.6 is 0 Å². The normalized spacial score (nSPS) is 17.4. The molecule has 1 aliphatic rings. The number of unbranched alkanes of at least 4 members (excludes halogenated alkanes) is 1. The van der Waals surface area contributed by atoms with Gasteiger partial charge < -0.3 is 5.32 Å². The first-order chi connectivity index (χ1) is 14.3. The lowest BCUT2D eigenvalue weighted by Crippen LogP contribution is -2.46. The maximum Gasteiger partial charge on any atom is 0.238 e. The van der Waals surface area contributed by atoms with E-state index in [9.17, 15) is 13.2 Å². The minimum atomic E-state index is -3.39. The number of carbonyl (C=O) groups excluding carboxylic acids is 1. The average Bonchev–Trinajstić information content (AvgIpc) is 3.32. The highest BCUT2D eigenvalue weighted by atomic mass is 32.2. The maximum atomic E-state index is 12.8. The van der Waals surface area contributed by atoms with Gasteiger partial charge in [0.1, 0.15) is 6.04 Å². The Morgan fingerprint density at radius 2 is 1.97 bits per heavy atom. The highest BCUT2D eigenvalue weighted by Crippen LogP contribution is 2.23. The minimum Gasteiger partial charge on any atom is -0.350 e. The van der Waals surface area contributed by atoms with Crippen LogP contribution in [-0.4, -0.2) is 46.8 Å². The fraction of sp³-hybridized carbons (Fsp3) is 0.545. The molecule has 1 N–H and O–H groups in total. The number of sulfonamides is 1. The Bertz CT molecular complexity index is 970. The summed E-state index contributed by atoms with van der Waals surface area (Å²) in [5.74, 6) is -0.111. The van der Waals surface area contributed by atoms with Crippen LogP contribution in [0.1, 0.15) is 55.1 Å². The van der Waals surface area contributed by atoms with Crippen LogP contribution in [0.4, 0.5) is 0 Å². The summed E-state index contributed by atoms with van der Waals surface area (Å²) in [4.78, 5) is 12.8. The van der Waals surface area contributed by atoms with Crippen LogP contribution in [0.3, 0.4) is 0 Å². The van der Waals surface area contributed by atoms with Crippen molar-refractivity contribution in [1.29, 1.82) is 0 Å². The average molecular weight is 433 g/mol. The highest BCUT2D eigenvalue weighted by Gasteiger charge is 2.38. The first-order valence-corrected chi connectivity index (χ1v) is 12.3. The van der Waals surface area contributed by atoms with Crippen LogP contribution in [0.15, 0.2) is 30.3 Å². The van der Waals surface area contributed by atoms with E-state index in [1.165, 1.54) is 4.31 Å². The molecule has 1 aromatic carbocycles.